The molecule has 1 atom stereocenters. The van der Waals surface area contributed by atoms with Crippen LogP contribution in [0.5, 0.6) is 5.75 Å². The number of hydrazone groups is 1. The third-order valence-electron chi connectivity index (χ3n) is 5.22. The highest BCUT2D eigenvalue weighted by Crippen LogP contribution is 2.23. The molecule has 0 bridgehead atoms. The predicted octanol–water partition coefficient (Wildman–Crippen LogP) is 0.648. The zero-order chi connectivity index (χ0) is 22.6. The van der Waals surface area contributed by atoms with Crippen molar-refractivity contribution < 1.29 is 27.5 Å². The van der Waals surface area contributed by atoms with E-state index in [1.54, 1.807) is 31.2 Å². The van der Waals surface area contributed by atoms with E-state index in [1.165, 1.54) is 12.0 Å². The van der Waals surface area contributed by atoms with E-state index in [-0.39, 0.29) is 55.0 Å². The van der Waals surface area contributed by atoms with Gasteiger partial charge in [0.25, 0.3) is 5.91 Å². The minimum atomic E-state index is -3.20. The number of hydrogen-bond acceptors (Lipinski definition) is 7. The molecule has 0 radical (unpaired) electrons. The van der Waals surface area contributed by atoms with Crippen molar-refractivity contribution in [2.75, 3.05) is 37.0 Å². The molecule has 1 fully saturated rings. The minimum absolute atomic E-state index is 0.00573. The van der Waals surface area contributed by atoms with Crippen molar-refractivity contribution in [1.29, 1.82) is 0 Å². The molecule has 1 aromatic rings. The van der Waals surface area contributed by atoms with Gasteiger partial charge in [0.15, 0.2) is 9.84 Å². The number of likely N-dealkylation sites (N-methyl/N-ethyl adjacent to an activating group) is 1. The molecule has 2 aliphatic rings. The highest BCUT2D eigenvalue weighted by Gasteiger charge is 2.37. The highest BCUT2D eigenvalue weighted by molar-refractivity contribution is 7.91. The number of nitrogens with one attached hydrogen (secondary N) is 1. The number of benzene rings is 1. The molecule has 10 nitrogen and oxygen atoms in total. The van der Waals surface area contributed by atoms with Crippen LogP contribution in [0.25, 0.3) is 0 Å². The van der Waals surface area contributed by atoms with Crippen molar-refractivity contribution in [3.05, 3.63) is 24.3 Å². The molecule has 1 N–H and O–H groups in total. The molecular formula is C20H26N4O6S. The van der Waals surface area contributed by atoms with E-state index in [0.29, 0.717) is 17.9 Å². The quantitative estimate of drug-likeness (QED) is 0.650. The number of amides is 3. The summed E-state index contributed by atoms with van der Waals surface area (Å²) in [6.07, 6.45) is 0.538. The number of ether oxygens (including phenoxy) is 1. The van der Waals surface area contributed by atoms with Crippen LogP contribution in [0.4, 0.5) is 5.69 Å². The smallest absolute Gasteiger partial charge is 0.270 e. The Bertz CT molecular complexity index is 1010. The highest BCUT2D eigenvalue weighted by atomic mass is 32.2. The van der Waals surface area contributed by atoms with E-state index in [4.69, 9.17) is 4.74 Å². The van der Waals surface area contributed by atoms with Crippen LogP contribution in [-0.4, -0.2) is 79.5 Å². The molecule has 0 spiro atoms. The maximum Gasteiger partial charge on any atom is 0.270 e. The Morgan fingerprint density at radius 3 is 2.74 bits per heavy atom. The molecule has 0 aromatic heterocycles. The first-order valence-electron chi connectivity index (χ1n) is 10.1. The number of nitrogens with zero attached hydrogens (tertiary/aromatic N) is 3. The van der Waals surface area contributed by atoms with Crippen molar-refractivity contribution in [2.24, 2.45) is 5.10 Å². The zero-order valence-corrected chi connectivity index (χ0v) is 18.4. The standard InChI is InChI=1S/C20H26N4O6S/c1-3-23(12-18(25)21-14-5-4-6-16(11-14)30-2)20(27)17-7-8-19(26)24(22-17)15-9-10-31(28,29)13-15/h4-6,11,15H,3,7-10,12-13H2,1-2H3,(H,21,25)/t15-/m0/s1. The average molecular weight is 451 g/mol. The lowest BCUT2D eigenvalue weighted by molar-refractivity contribution is -0.134. The summed E-state index contributed by atoms with van der Waals surface area (Å²) >= 11 is 0. The van der Waals surface area contributed by atoms with Crippen LogP contribution < -0.4 is 10.1 Å². The summed E-state index contributed by atoms with van der Waals surface area (Å²) in [5.41, 5.74) is 0.696. The van der Waals surface area contributed by atoms with Gasteiger partial charge < -0.3 is 15.0 Å². The molecule has 1 saturated heterocycles. The summed E-state index contributed by atoms with van der Waals surface area (Å²) in [6.45, 7) is 1.83. The molecule has 11 heteroatoms. The molecule has 2 aliphatic heterocycles. The predicted molar refractivity (Wildman–Crippen MR) is 114 cm³/mol. The second-order valence-corrected chi connectivity index (χ2v) is 9.67. The van der Waals surface area contributed by atoms with E-state index < -0.39 is 21.8 Å². The monoisotopic (exact) mass is 450 g/mol. The third kappa shape index (κ3) is 5.60. The second-order valence-electron chi connectivity index (χ2n) is 7.44. The first kappa shape index (κ1) is 22.7. The Labute approximate surface area is 181 Å². The van der Waals surface area contributed by atoms with Gasteiger partial charge in [-0.1, -0.05) is 6.07 Å². The molecular weight excluding hydrogens is 424 g/mol. The van der Waals surface area contributed by atoms with Crippen molar-refractivity contribution in [2.45, 2.75) is 32.2 Å². The first-order chi connectivity index (χ1) is 14.7. The van der Waals surface area contributed by atoms with Crippen molar-refractivity contribution in [1.82, 2.24) is 9.91 Å². The van der Waals surface area contributed by atoms with Gasteiger partial charge >= 0.3 is 0 Å². The zero-order valence-electron chi connectivity index (χ0n) is 17.5. The van der Waals surface area contributed by atoms with Crippen LogP contribution in [0.15, 0.2) is 29.4 Å². The van der Waals surface area contributed by atoms with Gasteiger partial charge in [0.2, 0.25) is 11.8 Å². The fourth-order valence-electron chi connectivity index (χ4n) is 3.56. The van der Waals surface area contributed by atoms with E-state index in [9.17, 15) is 22.8 Å². The fourth-order valence-corrected chi connectivity index (χ4v) is 5.26. The lowest BCUT2D eigenvalue weighted by atomic mass is 10.1. The van der Waals surface area contributed by atoms with E-state index >= 15 is 0 Å². The van der Waals surface area contributed by atoms with E-state index in [1.807, 2.05) is 0 Å². The van der Waals surface area contributed by atoms with Crippen LogP contribution in [-0.2, 0) is 24.2 Å². The maximum atomic E-state index is 13.0. The Kier molecular flexibility index (Phi) is 6.94. The molecule has 3 amide bonds. The largest absolute Gasteiger partial charge is 0.497 e. The summed E-state index contributed by atoms with van der Waals surface area (Å²) in [7, 11) is -1.67. The van der Waals surface area contributed by atoms with Crippen molar-refractivity contribution in [3.8, 4) is 5.75 Å². The molecule has 0 unspecified atom stereocenters. The van der Waals surface area contributed by atoms with Crippen LogP contribution in [0.3, 0.4) is 0 Å². The summed E-state index contributed by atoms with van der Waals surface area (Å²) in [5.74, 6) is -0.666. The minimum Gasteiger partial charge on any atom is -0.497 e. The lowest BCUT2D eigenvalue weighted by Gasteiger charge is -2.29. The van der Waals surface area contributed by atoms with E-state index in [0.717, 1.165) is 5.01 Å². The van der Waals surface area contributed by atoms with Gasteiger partial charge in [-0.2, -0.15) is 5.10 Å². The SMILES string of the molecule is CCN(CC(=O)Nc1cccc(OC)c1)C(=O)C1=NN([C@H]2CCS(=O)(=O)C2)C(=O)CC1. The number of hydrogen-bond donors (Lipinski definition) is 1. The molecule has 3 rings (SSSR count). The van der Waals surface area contributed by atoms with Crippen LogP contribution in [0, 0.1) is 0 Å². The molecule has 1 aromatic carbocycles. The second kappa shape index (κ2) is 9.46. The Morgan fingerprint density at radius 2 is 2.10 bits per heavy atom. The average Bonchev–Trinajstić information content (AvgIpc) is 3.11. The van der Waals surface area contributed by atoms with Gasteiger partial charge in [-0.3, -0.25) is 14.4 Å². The van der Waals surface area contributed by atoms with Gasteiger partial charge in [0.1, 0.15) is 18.0 Å². The summed E-state index contributed by atoms with van der Waals surface area (Å²) < 4.78 is 28.6. The van der Waals surface area contributed by atoms with E-state index in [2.05, 4.69) is 10.4 Å². The van der Waals surface area contributed by atoms with Crippen molar-refractivity contribution >= 4 is 39.0 Å². The topological polar surface area (TPSA) is 125 Å². The summed E-state index contributed by atoms with van der Waals surface area (Å²) in [6, 6.07) is 6.32. The van der Waals surface area contributed by atoms with Crippen LogP contribution in [0.1, 0.15) is 26.2 Å². The normalized spacial score (nSPS) is 20.2. The number of sulfone groups is 1. The molecule has 0 aliphatic carbocycles. The molecule has 2 heterocycles. The number of carbonyl (C=O) groups is 3. The van der Waals surface area contributed by atoms with Crippen molar-refractivity contribution in [3.63, 3.8) is 0 Å². The Morgan fingerprint density at radius 1 is 1.32 bits per heavy atom. The number of methoxy groups -OCH3 is 1. The fraction of sp³-hybridized carbons (Fsp3) is 0.500. The van der Waals surface area contributed by atoms with Crippen LogP contribution >= 0.6 is 0 Å². The lowest BCUT2D eigenvalue weighted by Crippen LogP contribution is -2.46. The summed E-state index contributed by atoms with van der Waals surface area (Å²) in [4.78, 5) is 39.0. The number of anilines is 1. The summed E-state index contributed by atoms with van der Waals surface area (Å²) in [5, 5.41) is 8.06. The first-order valence-corrected chi connectivity index (χ1v) is 11.9. The molecule has 168 valence electrons. The van der Waals surface area contributed by atoms with Gasteiger partial charge in [-0.15, -0.1) is 0 Å². The maximum absolute atomic E-state index is 13.0. The van der Waals surface area contributed by atoms with Gasteiger partial charge in [0, 0.05) is 31.1 Å². The Balaban J connectivity index is 1.68. The van der Waals surface area contributed by atoms with Gasteiger partial charge in [-0.05, 0) is 25.5 Å². The Hall–Kier alpha value is -2.95. The van der Waals surface area contributed by atoms with Crippen LogP contribution in [0.2, 0.25) is 0 Å². The number of carbonyl (C=O) groups excluding carboxylic acids is 3. The van der Waals surface area contributed by atoms with Gasteiger partial charge in [-0.25, -0.2) is 13.4 Å². The molecule has 0 saturated carbocycles. The molecule has 31 heavy (non-hydrogen) atoms. The third-order valence-corrected chi connectivity index (χ3v) is 6.97. The number of rotatable bonds is 7. The van der Waals surface area contributed by atoms with Gasteiger partial charge in [0.05, 0.1) is 24.7 Å².